The normalized spacial score (nSPS) is 11.3. The molecule has 5 nitrogen and oxygen atoms in total. The number of hydrogen-bond donors (Lipinski definition) is 1. The summed E-state index contributed by atoms with van der Waals surface area (Å²) in [6.45, 7) is -0.442. The monoisotopic (exact) mass is 363 g/mol. The fourth-order valence-corrected chi connectivity index (χ4v) is 2.74. The number of ether oxygens (including phenoxy) is 1. The highest BCUT2D eigenvalue weighted by atomic mass is 32.2. The molecule has 0 atom stereocenters. The van der Waals surface area contributed by atoms with Crippen molar-refractivity contribution >= 4 is 35.0 Å². The Hall–Kier alpha value is -1.94. The highest BCUT2D eigenvalue weighted by Gasteiger charge is 2.44. The molecule has 0 spiro atoms. The van der Waals surface area contributed by atoms with E-state index < -0.39 is 18.6 Å². The maximum absolute atomic E-state index is 12.8. The third-order valence-corrected chi connectivity index (χ3v) is 4.00. The van der Waals surface area contributed by atoms with Crippen LogP contribution in [0.5, 0.6) is 11.5 Å². The van der Waals surface area contributed by atoms with Gasteiger partial charge in [0.25, 0.3) is 0 Å². The van der Waals surface area contributed by atoms with Crippen molar-refractivity contribution < 1.29 is 27.8 Å². The summed E-state index contributed by atoms with van der Waals surface area (Å²) in [6.07, 6.45) is -3.81. The number of methoxy groups -OCH3 is 1. The molecule has 0 saturated heterocycles. The van der Waals surface area contributed by atoms with E-state index in [0.717, 1.165) is 17.4 Å². The molecule has 0 fully saturated rings. The lowest BCUT2D eigenvalue weighted by molar-refractivity contribution is -0.170. The molecular formula is C13H10F3N2O3S2. The van der Waals surface area contributed by atoms with Gasteiger partial charge < -0.3 is 4.74 Å². The van der Waals surface area contributed by atoms with Crippen LogP contribution in [0.1, 0.15) is 5.56 Å². The molecule has 23 heavy (non-hydrogen) atoms. The van der Waals surface area contributed by atoms with Crippen molar-refractivity contribution in [1.82, 2.24) is 4.98 Å². The van der Waals surface area contributed by atoms with E-state index in [0.29, 0.717) is 9.11 Å². The van der Waals surface area contributed by atoms with E-state index in [4.69, 9.17) is 4.74 Å². The van der Waals surface area contributed by atoms with Gasteiger partial charge in [0.1, 0.15) is 5.75 Å². The zero-order valence-electron chi connectivity index (χ0n) is 11.6. The zero-order valence-corrected chi connectivity index (χ0v) is 13.3. The number of aromatic nitrogens is 1. The molecule has 0 N–H and O–H groups in total. The molecule has 1 aromatic carbocycles. The number of benzene rings is 1. The summed E-state index contributed by atoms with van der Waals surface area (Å²) in [6, 6.07) is 3.63. The van der Waals surface area contributed by atoms with E-state index in [1.54, 1.807) is 0 Å². The second-order valence-electron chi connectivity index (χ2n) is 4.34. The van der Waals surface area contributed by atoms with E-state index in [1.807, 2.05) is 0 Å². The van der Waals surface area contributed by atoms with Crippen molar-refractivity contribution in [2.24, 2.45) is 0 Å². The Kier molecular flexibility index (Phi) is 5.05. The van der Waals surface area contributed by atoms with Crippen LogP contribution in [0.4, 0.5) is 18.3 Å². The van der Waals surface area contributed by atoms with Crippen LogP contribution < -0.4 is 9.64 Å². The van der Waals surface area contributed by atoms with Crippen LogP contribution >= 0.6 is 24.0 Å². The molecular weight excluding hydrogens is 353 g/mol. The van der Waals surface area contributed by atoms with E-state index in [2.05, 4.69) is 17.6 Å². The van der Waals surface area contributed by atoms with Gasteiger partial charge in [0, 0.05) is 11.6 Å². The average Bonchev–Trinajstić information content (AvgIpc) is 2.90. The van der Waals surface area contributed by atoms with Gasteiger partial charge in [0.05, 0.1) is 24.1 Å². The number of thiazole rings is 1. The molecule has 1 amide bonds. The van der Waals surface area contributed by atoms with Crippen molar-refractivity contribution in [3.8, 4) is 11.5 Å². The molecule has 123 valence electrons. The fourth-order valence-electron chi connectivity index (χ4n) is 1.79. The lowest BCUT2D eigenvalue weighted by Gasteiger charge is -2.22. The second kappa shape index (κ2) is 6.67. The van der Waals surface area contributed by atoms with Gasteiger partial charge in [-0.25, -0.2) is 4.98 Å². The summed E-state index contributed by atoms with van der Waals surface area (Å²) in [5.41, 5.74) is 0.251. The molecule has 2 aromatic rings. The van der Waals surface area contributed by atoms with Gasteiger partial charge in [0.15, 0.2) is 10.9 Å². The Bertz CT molecular complexity index is 719. The highest BCUT2D eigenvalue weighted by molar-refractivity contribution is 7.83. The minimum absolute atomic E-state index is 0.0973. The summed E-state index contributed by atoms with van der Waals surface area (Å²) in [5.74, 6) is -2.32. The predicted octanol–water partition coefficient (Wildman–Crippen LogP) is 3.68. The highest BCUT2D eigenvalue weighted by Crippen LogP contribution is 2.33. The number of thiol groups is 1. The first-order valence-corrected chi connectivity index (χ1v) is 7.36. The number of rotatable bonds is 4. The maximum atomic E-state index is 12.8. The summed E-state index contributed by atoms with van der Waals surface area (Å²) in [4.78, 5) is 15.9. The predicted molar refractivity (Wildman–Crippen MR) is 79.7 cm³/mol. The van der Waals surface area contributed by atoms with Crippen LogP contribution in [0.15, 0.2) is 28.6 Å². The van der Waals surface area contributed by atoms with E-state index in [9.17, 15) is 23.1 Å². The van der Waals surface area contributed by atoms with Crippen molar-refractivity contribution in [2.45, 2.75) is 16.9 Å². The number of carbonyl (C=O) groups is 1. The molecule has 0 aliphatic heterocycles. The van der Waals surface area contributed by atoms with Gasteiger partial charge in [-0.1, -0.05) is 11.3 Å². The van der Waals surface area contributed by atoms with Crippen molar-refractivity contribution in [3.63, 3.8) is 0 Å². The van der Waals surface area contributed by atoms with Gasteiger partial charge in [-0.2, -0.15) is 13.2 Å². The molecule has 0 aliphatic carbocycles. The number of halogens is 3. The number of carbonyl (C=O) groups excluding carboxylic acids is 1. The molecule has 1 aromatic heterocycles. The molecule has 0 bridgehead atoms. The molecule has 1 heterocycles. The van der Waals surface area contributed by atoms with Crippen LogP contribution in [-0.2, 0) is 16.4 Å². The largest absolute Gasteiger partial charge is 0.496 e. The Balaban J connectivity index is 2.41. The number of alkyl halides is 3. The van der Waals surface area contributed by atoms with Gasteiger partial charge in [0.2, 0.25) is 0 Å². The van der Waals surface area contributed by atoms with Crippen LogP contribution in [0.3, 0.4) is 0 Å². The third kappa shape index (κ3) is 4.08. The van der Waals surface area contributed by atoms with Crippen molar-refractivity contribution in [2.75, 3.05) is 12.0 Å². The number of hydrogen-bond acceptors (Lipinski definition) is 5. The first-order valence-electron chi connectivity index (χ1n) is 6.09. The first-order chi connectivity index (χ1) is 10.7. The third-order valence-electron chi connectivity index (χ3n) is 2.79. The van der Waals surface area contributed by atoms with Crippen LogP contribution in [0.25, 0.3) is 0 Å². The smallest absolute Gasteiger partial charge is 0.471 e. The van der Waals surface area contributed by atoms with Crippen molar-refractivity contribution in [3.05, 3.63) is 30.0 Å². The number of anilines is 1. The topological polar surface area (TPSA) is 62.3 Å². The Morgan fingerprint density at radius 3 is 2.65 bits per heavy atom. The van der Waals surface area contributed by atoms with Crippen molar-refractivity contribution in [1.29, 1.82) is 0 Å². The van der Waals surface area contributed by atoms with Gasteiger partial charge in [-0.05, 0) is 12.1 Å². The molecule has 10 heteroatoms. The number of nitrogens with zero attached hydrogens (tertiary/aromatic N) is 2. The minimum Gasteiger partial charge on any atom is -0.496 e. The summed E-state index contributed by atoms with van der Waals surface area (Å²) >= 11 is 4.82. The minimum atomic E-state index is -5.06. The van der Waals surface area contributed by atoms with Gasteiger partial charge in [-0.15, -0.1) is 12.6 Å². The molecule has 2 rings (SSSR count). The van der Waals surface area contributed by atoms with Gasteiger partial charge in [-0.3, -0.25) is 14.8 Å². The SMILES string of the molecule is COc1cc([O])ccc1CN(C(=O)C(F)(F)F)c1ncc(S)s1. The number of amides is 1. The Labute approximate surface area is 138 Å². The second-order valence-corrected chi connectivity index (χ2v) is 6.14. The molecule has 0 saturated carbocycles. The summed E-state index contributed by atoms with van der Waals surface area (Å²) < 4.78 is 43.8. The van der Waals surface area contributed by atoms with E-state index in [1.165, 1.54) is 25.4 Å². The lowest BCUT2D eigenvalue weighted by atomic mass is 10.1. The summed E-state index contributed by atoms with van der Waals surface area (Å²) in [7, 11) is 1.28. The van der Waals surface area contributed by atoms with Crippen LogP contribution in [-0.4, -0.2) is 24.2 Å². The quantitative estimate of drug-likeness (QED) is 0.843. The Morgan fingerprint density at radius 1 is 1.43 bits per heavy atom. The average molecular weight is 363 g/mol. The van der Waals surface area contributed by atoms with E-state index in [-0.39, 0.29) is 22.2 Å². The molecule has 0 aliphatic rings. The first kappa shape index (κ1) is 17.4. The van der Waals surface area contributed by atoms with Gasteiger partial charge >= 0.3 is 12.1 Å². The zero-order chi connectivity index (χ0) is 17.2. The van der Waals surface area contributed by atoms with Crippen LogP contribution in [0, 0.1) is 0 Å². The maximum Gasteiger partial charge on any atom is 0.471 e. The molecule has 0 unspecified atom stereocenters. The fraction of sp³-hybridized carbons (Fsp3) is 0.231. The van der Waals surface area contributed by atoms with E-state index >= 15 is 0 Å². The Morgan fingerprint density at radius 2 is 2.13 bits per heavy atom. The standard InChI is InChI=1S/C13H10F3N2O3S2/c1-21-9-4-8(19)3-2-7(9)6-18(11(20)13(14,15)16)12-17-5-10(22)23-12/h2-5,22H,6H2,1H3. The summed E-state index contributed by atoms with van der Waals surface area (Å²) in [5, 5.41) is 11.1. The lowest BCUT2D eigenvalue weighted by Crippen LogP contribution is -2.40. The molecule has 1 radical (unpaired) electrons. The van der Waals surface area contributed by atoms with Crippen LogP contribution in [0.2, 0.25) is 0 Å².